The predicted molar refractivity (Wildman–Crippen MR) is 76.8 cm³/mol. The summed E-state index contributed by atoms with van der Waals surface area (Å²) < 4.78 is 2.00. The molecule has 1 heterocycles. The lowest BCUT2D eigenvalue weighted by Crippen LogP contribution is -2.14. The molecule has 0 fully saturated rings. The highest BCUT2D eigenvalue weighted by Gasteiger charge is 2.11. The van der Waals surface area contributed by atoms with E-state index in [1.54, 1.807) is 0 Å². The molecular weight excluding hydrogens is 246 g/mol. The maximum atomic E-state index is 6.31. The zero-order chi connectivity index (χ0) is 13.3. The lowest BCUT2D eigenvalue weighted by atomic mass is 10.2. The van der Waals surface area contributed by atoms with Crippen LogP contribution in [0.1, 0.15) is 25.1 Å². The summed E-state index contributed by atoms with van der Waals surface area (Å²) in [6.45, 7) is 8.18. The monoisotopic (exact) mass is 263 g/mol. The Hall–Kier alpha value is -1.48. The molecule has 1 N–H and O–H groups in total. The van der Waals surface area contributed by atoms with Crippen LogP contribution < -0.4 is 5.32 Å². The molecule has 1 aromatic carbocycles. The average Bonchev–Trinajstić information content (AvgIpc) is 2.58. The molecule has 1 aromatic heterocycles. The maximum absolute atomic E-state index is 6.31. The normalized spacial score (nSPS) is 11.0. The number of nitrogens with one attached hydrogen (secondary N) is 1. The number of halogens is 1. The first-order valence-corrected chi connectivity index (χ1v) is 6.44. The molecule has 0 saturated heterocycles. The number of benzene rings is 1. The van der Waals surface area contributed by atoms with Crippen molar-refractivity contribution in [2.24, 2.45) is 0 Å². The molecule has 0 amide bonds. The van der Waals surface area contributed by atoms with Gasteiger partial charge in [-0.2, -0.15) is 0 Å². The first kappa shape index (κ1) is 13.0. The molecule has 0 bridgehead atoms. The van der Waals surface area contributed by atoms with Gasteiger partial charge in [0.15, 0.2) is 0 Å². The Balaban J connectivity index is 2.49. The van der Waals surface area contributed by atoms with Crippen LogP contribution in [-0.2, 0) is 0 Å². The van der Waals surface area contributed by atoms with E-state index in [1.165, 1.54) is 0 Å². The van der Waals surface area contributed by atoms with Crippen molar-refractivity contribution in [3.63, 3.8) is 0 Å². The molecule has 2 rings (SSSR count). The number of anilines is 1. The summed E-state index contributed by atoms with van der Waals surface area (Å²) in [6.07, 6.45) is 1.99. The Bertz CT molecular complexity index is 558. The average molecular weight is 264 g/mol. The minimum Gasteiger partial charge on any atom is -0.353 e. The number of aromatic nitrogens is 2. The molecule has 2 aromatic rings. The van der Waals surface area contributed by atoms with Crippen LogP contribution in [0.25, 0.3) is 5.69 Å². The van der Waals surface area contributed by atoms with Gasteiger partial charge in [0, 0.05) is 12.2 Å². The van der Waals surface area contributed by atoms with Crippen LogP contribution >= 0.6 is 11.6 Å². The van der Waals surface area contributed by atoms with Gasteiger partial charge in [0.1, 0.15) is 0 Å². The first-order valence-electron chi connectivity index (χ1n) is 6.06. The molecule has 0 aliphatic rings. The Morgan fingerprint density at radius 3 is 2.61 bits per heavy atom. The predicted octanol–water partition coefficient (Wildman–Crippen LogP) is 3.96. The van der Waals surface area contributed by atoms with E-state index in [-0.39, 0.29) is 0 Å². The molecule has 0 saturated carbocycles. The highest BCUT2D eigenvalue weighted by atomic mass is 35.5. The summed E-state index contributed by atoms with van der Waals surface area (Å²) >= 11 is 6.31. The maximum Gasteiger partial charge on any atom is 0.207 e. The number of rotatable bonds is 3. The second-order valence-corrected chi connectivity index (χ2v) is 5.24. The Labute approximate surface area is 113 Å². The molecule has 0 unspecified atom stereocenters. The number of aryl methyl sites for hydroxylation is 2. The molecule has 0 atom stereocenters. The molecule has 0 spiro atoms. The largest absolute Gasteiger partial charge is 0.353 e. The number of imidazole rings is 1. The first-order chi connectivity index (χ1) is 8.47. The zero-order valence-electron chi connectivity index (χ0n) is 11.2. The Morgan fingerprint density at radius 1 is 1.28 bits per heavy atom. The van der Waals surface area contributed by atoms with Gasteiger partial charge in [-0.1, -0.05) is 17.7 Å². The number of hydrogen-bond donors (Lipinski definition) is 1. The summed E-state index contributed by atoms with van der Waals surface area (Å²) in [5, 5.41) is 4.06. The van der Waals surface area contributed by atoms with Gasteiger partial charge in [-0.25, -0.2) is 4.98 Å². The van der Waals surface area contributed by atoms with Crippen LogP contribution in [0.4, 0.5) is 5.95 Å². The fraction of sp³-hybridized carbons (Fsp3) is 0.357. The third-order valence-electron chi connectivity index (χ3n) is 2.61. The lowest BCUT2D eigenvalue weighted by Gasteiger charge is -2.13. The van der Waals surface area contributed by atoms with Crippen molar-refractivity contribution >= 4 is 17.5 Å². The molecule has 3 nitrogen and oxygen atoms in total. The van der Waals surface area contributed by atoms with Crippen molar-refractivity contribution in [3.8, 4) is 5.69 Å². The van der Waals surface area contributed by atoms with Gasteiger partial charge in [0.25, 0.3) is 0 Å². The van der Waals surface area contributed by atoms with Gasteiger partial charge in [0.2, 0.25) is 5.95 Å². The van der Waals surface area contributed by atoms with Crippen LogP contribution in [0.2, 0.25) is 5.02 Å². The van der Waals surface area contributed by atoms with E-state index in [4.69, 9.17) is 11.6 Å². The summed E-state index contributed by atoms with van der Waals surface area (Å²) in [6, 6.07) is 6.36. The number of nitrogens with zero attached hydrogens (tertiary/aromatic N) is 2. The summed E-state index contributed by atoms with van der Waals surface area (Å²) in [5.74, 6) is 0.827. The van der Waals surface area contributed by atoms with E-state index in [0.717, 1.165) is 27.9 Å². The second-order valence-electron chi connectivity index (χ2n) is 4.83. The topological polar surface area (TPSA) is 29.9 Å². The molecule has 18 heavy (non-hydrogen) atoms. The third kappa shape index (κ3) is 2.67. The van der Waals surface area contributed by atoms with Gasteiger partial charge < -0.3 is 5.32 Å². The minimum absolute atomic E-state index is 0.328. The standard InChI is InChI=1S/C14H18ClN3/c1-9(2)16-14-17-11(4)8-18(14)13-6-5-10(3)7-12(13)15/h5-9H,1-4H3,(H,16,17). The summed E-state index contributed by atoms with van der Waals surface area (Å²) in [4.78, 5) is 4.48. The fourth-order valence-electron chi connectivity index (χ4n) is 1.85. The highest BCUT2D eigenvalue weighted by Crippen LogP contribution is 2.25. The molecule has 96 valence electrons. The van der Waals surface area contributed by atoms with Crippen LogP contribution in [0.5, 0.6) is 0 Å². The molecule has 0 radical (unpaired) electrons. The summed E-state index contributed by atoms with van der Waals surface area (Å²) in [5.41, 5.74) is 3.07. The van der Waals surface area contributed by atoms with Crippen LogP contribution in [0.3, 0.4) is 0 Å². The van der Waals surface area contributed by atoms with Crippen LogP contribution in [0, 0.1) is 13.8 Å². The van der Waals surface area contributed by atoms with E-state index < -0.39 is 0 Å². The van der Waals surface area contributed by atoms with Crippen molar-refractivity contribution in [1.29, 1.82) is 0 Å². The third-order valence-corrected chi connectivity index (χ3v) is 2.91. The van der Waals surface area contributed by atoms with Gasteiger partial charge in [0.05, 0.1) is 16.4 Å². The quantitative estimate of drug-likeness (QED) is 0.908. The fourth-order valence-corrected chi connectivity index (χ4v) is 2.17. The van der Waals surface area contributed by atoms with Gasteiger partial charge in [-0.05, 0) is 45.4 Å². The molecule has 0 aliphatic carbocycles. The van der Waals surface area contributed by atoms with Crippen molar-refractivity contribution < 1.29 is 0 Å². The lowest BCUT2D eigenvalue weighted by molar-refractivity contribution is 0.864. The minimum atomic E-state index is 0.328. The van der Waals surface area contributed by atoms with Gasteiger partial charge in [-0.3, -0.25) is 4.57 Å². The van der Waals surface area contributed by atoms with Crippen LogP contribution in [0.15, 0.2) is 24.4 Å². The molecular formula is C14H18ClN3. The summed E-state index contributed by atoms with van der Waals surface area (Å²) in [7, 11) is 0. The Morgan fingerprint density at radius 2 is 2.00 bits per heavy atom. The Kier molecular flexibility index (Phi) is 3.62. The zero-order valence-corrected chi connectivity index (χ0v) is 11.9. The van der Waals surface area contributed by atoms with E-state index in [9.17, 15) is 0 Å². The highest BCUT2D eigenvalue weighted by molar-refractivity contribution is 6.32. The van der Waals surface area contributed by atoms with E-state index >= 15 is 0 Å². The van der Waals surface area contributed by atoms with Crippen molar-refractivity contribution in [1.82, 2.24) is 9.55 Å². The van der Waals surface area contributed by atoms with E-state index in [0.29, 0.717) is 6.04 Å². The van der Waals surface area contributed by atoms with Gasteiger partial charge >= 0.3 is 0 Å². The van der Waals surface area contributed by atoms with Gasteiger partial charge in [-0.15, -0.1) is 0 Å². The van der Waals surface area contributed by atoms with Crippen LogP contribution in [-0.4, -0.2) is 15.6 Å². The SMILES string of the molecule is Cc1ccc(-n2cc(C)nc2NC(C)C)c(Cl)c1. The van der Waals surface area contributed by atoms with E-state index in [1.807, 2.05) is 36.7 Å². The molecule has 0 aliphatic heterocycles. The van der Waals surface area contributed by atoms with E-state index in [2.05, 4.69) is 30.2 Å². The smallest absolute Gasteiger partial charge is 0.207 e. The van der Waals surface area contributed by atoms with Crippen molar-refractivity contribution in [2.75, 3.05) is 5.32 Å². The molecule has 4 heteroatoms. The second kappa shape index (κ2) is 5.02. The van der Waals surface area contributed by atoms with Crippen molar-refractivity contribution in [2.45, 2.75) is 33.7 Å². The number of hydrogen-bond acceptors (Lipinski definition) is 2. The van der Waals surface area contributed by atoms with Crippen molar-refractivity contribution in [3.05, 3.63) is 40.7 Å².